The van der Waals surface area contributed by atoms with Crippen LogP contribution >= 0.6 is 11.3 Å². The van der Waals surface area contributed by atoms with E-state index in [1.54, 1.807) is 15.9 Å². The summed E-state index contributed by atoms with van der Waals surface area (Å²) in [5.74, 6) is 0. The largest absolute Gasteiger partial charge is 0.317 e. The molecule has 0 bridgehead atoms. The van der Waals surface area contributed by atoms with Crippen molar-refractivity contribution >= 4 is 21.4 Å². The van der Waals surface area contributed by atoms with Crippen LogP contribution in [0.25, 0.3) is 21.2 Å². The standard InChI is InChI=1S/C22H29N3OS/c1-6-10-25(16(4)7-2)13-18-12-19-21(27-18)20(14-24(5)22(19)26)17-8-9-23-15(3)11-17/h8-9,11-12,14,16H,6-7,10,13H2,1-5H3/t16-/m1/s1. The highest BCUT2D eigenvalue weighted by Gasteiger charge is 2.17. The molecule has 0 spiro atoms. The maximum absolute atomic E-state index is 12.7. The minimum absolute atomic E-state index is 0.0765. The minimum Gasteiger partial charge on any atom is -0.317 e. The third-order valence-corrected chi connectivity index (χ3v) is 6.35. The normalized spacial score (nSPS) is 12.8. The Hall–Kier alpha value is -1.98. The number of hydrogen-bond acceptors (Lipinski definition) is 4. The molecule has 144 valence electrons. The van der Waals surface area contributed by atoms with Crippen LogP contribution in [0.5, 0.6) is 0 Å². The van der Waals surface area contributed by atoms with Crippen LogP contribution < -0.4 is 5.56 Å². The number of rotatable bonds is 7. The summed E-state index contributed by atoms with van der Waals surface area (Å²) in [4.78, 5) is 20.8. The molecule has 0 aliphatic heterocycles. The van der Waals surface area contributed by atoms with E-state index in [0.717, 1.165) is 52.8 Å². The van der Waals surface area contributed by atoms with Crippen LogP contribution in [-0.2, 0) is 13.6 Å². The second-order valence-electron chi connectivity index (χ2n) is 7.33. The van der Waals surface area contributed by atoms with Crippen molar-refractivity contribution in [1.82, 2.24) is 14.5 Å². The van der Waals surface area contributed by atoms with Crippen molar-refractivity contribution in [2.45, 2.75) is 53.1 Å². The lowest BCUT2D eigenvalue weighted by Gasteiger charge is -2.27. The molecule has 0 N–H and O–H groups in total. The van der Waals surface area contributed by atoms with Crippen molar-refractivity contribution in [3.63, 3.8) is 0 Å². The molecule has 0 saturated heterocycles. The van der Waals surface area contributed by atoms with Crippen LogP contribution in [0.4, 0.5) is 0 Å². The smallest absolute Gasteiger partial charge is 0.259 e. The van der Waals surface area contributed by atoms with Gasteiger partial charge < -0.3 is 4.57 Å². The molecule has 0 aliphatic rings. The maximum Gasteiger partial charge on any atom is 0.259 e. The molecule has 5 heteroatoms. The number of thiophene rings is 1. The lowest BCUT2D eigenvalue weighted by molar-refractivity contribution is 0.197. The highest BCUT2D eigenvalue weighted by Crippen LogP contribution is 2.34. The van der Waals surface area contributed by atoms with Crippen molar-refractivity contribution in [1.29, 1.82) is 0 Å². The molecule has 4 nitrogen and oxygen atoms in total. The van der Waals surface area contributed by atoms with Crippen molar-refractivity contribution in [2.75, 3.05) is 6.54 Å². The van der Waals surface area contributed by atoms with Gasteiger partial charge in [0.1, 0.15) is 0 Å². The first-order chi connectivity index (χ1) is 12.9. The molecule has 27 heavy (non-hydrogen) atoms. The van der Waals surface area contributed by atoms with E-state index < -0.39 is 0 Å². The first-order valence-corrected chi connectivity index (χ1v) is 10.5. The third kappa shape index (κ3) is 4.14. The first-order valence-electron chi connectivity index (χ1n) is 9.73. The Balaban J connectivity index is 2.09. The quantitative estimate of drug-likeness (QED) is 0.577. The summed E-state index contributed by atoms with van der Waals surface area (Å²) in [6.07, 6.45) is 6.06. The fraction of sp³-hybridized carbons (Fsp3) is 0.455. The maximum atomic E-state index is 12.7. The van der Waals surface area contributed by atoms with Gasteiger partial charge in [0.2, 0.25) is 0 Å². The fourth-order valence-corrected chi connectivity index (χ4v) is 4.71. The van der Waals surface area contributed by atoms with E-state index in [1.165, 1.54) is 4.88 Å². The second kappa shape index (κ2) is 8.36. The van der Waals surface area contributed by atoms with Gasteiger partial charge in [-0.2, -0.15) is 0 Å². The first kappa shape index (κ1) is 19.8. The van der Waals surface area contributed by atoms with Crippen molar-refractivity contribution < 1.29 is 0 Å². The predicted molar refractivity (Wildman–Crippen MR) is 115 cm³/mol. The molecule has 0 saturated carbocycles. The summed E-state index contributed by atoms with van der Waals surface area (Å²) in [5.41, 5.74) is 3.29. The van der Waals surface area contributed by atoms with Crippen LogP contribution in [0.2, 0.25) is 0 Å². The number of pyridine rings is 2. The zero-order chi connectivity index (χ0) is 19.6. The highest BCUT2D eigenvalue weighted by molar-refractivity contribution is 7.19. The van der Waals surface area contributed by atoms with Gasteiger partial charge >= 0.3 is 0 Å². The molecule has 3 rings (SSSR count). The molecule has 3 aromatic heterocycles. The zero-order valence-electron chi connectivity index (χ0n) is 17.0. The molecule has 0 radical (unpaired) electrons. The topological polar surface area (TPSA) is 38.1 Å². The number of hydrogen-bond donors (Lipinski definition) is 0. The Morgan fingerprint density at radius 3 is 2.74 bits per heavy atom. The molecular formula is C22H29N3OS. The molecule has 3 heterocycles. The lowest BCUT2D eigenvalue weighted by atomic mass is 10.1. The Morgan fingerprint density at radius 1 is 1.30 bits per heavy atom. The molecule has 3 aromatic rings. The average Bonchev–Trinajstić information content (AvgIpc) is 3.07. The van der Waals surface area contributed by atoms with E-state index in [-0.39, 0.29) is 5.56 Å². The Kier molecular flexibility index (Phi) is 6.12. The van der Waals surface area contributed by atoms with Gasteiger partial charge in [-0.05, 0) is 57.0 Å². The van der Waals surface area contributed by atoms with E-state index in [2.05, 4.69) is 42.8 Å². The van der Waals surface area contributed by atoms with Gasteiger partial charge in [0.05, 0.1) is 5.39 Å². The SMILES string of the molecule is CCCN(Cc1cc2c(=O)n(C)cc(-c3ccnc(C)c3)c2s1)[C@H](C)CC. The lowest BCUT2D eigenvalue weighted by Crippen LogP contribution is -2.32. The number of nitrogens with zero attached hydrogens (tertiary/aromatic N) is 3. The summed E-state index contributed by atoms with van der Waals surface area (Å²) in [5, 5.41) is 0.824. The minimum atomic E-state index is 0.0765. The molecule has 0 aromatic carbocycles. The molecule has 1 atom stereocenters. The van der Waals surface area contributed by atoms with E-state index in [4.69, 9.17) is 0 Å². The van der Waals surface area contributed by atoms with Crippen LogP contribution in [-0.4, -0.2) is 27.0 Å². The van der Waals surface area contributed by atoms with Crippen LogP contribution in [0.3, 0.4) is 0 Å². The fourth-order valence-electron chi connectivity index (χ4n) is 3.50. The Morgan fingerprint density at radius 2 is 2.07 bits per heavy atom. The summed E-state index contributed by atoms with van der Waals surface area (Å²) < 4.78 is 2.78. The van der Waals surface area contributed by atoms with Gasteiger partial charge in [-0.25, -0.2) is 0 Å². The van der Waals surface area contributed by atoms with Gasteiger partial charge in [-0.1, -0.05) is 13.8 Å². The summed E-state index contributed by atoms with van der Waals surface area (Å²) >= 11 is 1.75. The van der Waals surface area contributed by atoms with E-state index in [1.807, 2.05) is 32.4 Å². The second-order valence-corrected chi connectivity index (χ2v) is 8.46. The van der Waals surface area contributed by atoms with Gasteiger partial charge in [0, 0.05) is 52.9 Å². The van der Waals surface area contributed by atoms with Crippen LogP contribution in [0.15, 0.2) is 35.4 Å². The molecule has 0 unspecified atom stereocenters. The molecule has 0 aliphatic carbocycles. The number of aromatic nitrogens is 2. The average molecular weight is 384 g/mol. The summed E-state index contributed by atoms with van der Waals surface area (Å²) in [7, 11) is 1.83. The van der Waals surface area contributed by atoms with Gasteiger partial charge in [-0.15, -0.1) is 11.3 Å². The van der Waals surface area contributed by atoms with Gasteiger partial charge in [-0.3, -0.25) is 14.7 Å². The number of aryl methyl sites for hydroxylation is 2. The highest BCUT2D eigenvalue weighted by atomic mass is 32.1. The summed E-state index contributed by atoms with van der Waals surface area (Å²) in [6, 6.07) is 6.75. The van der Waals surface area contributed by atoms with Crippen LogP contribution in [0, 0.1) is 6.92 Å². The Labute approximate surface area is 165 Å². The monoisotopic (exact) mass is 383 g/mol. The number of fused-ring (bicyclic) bond motifs is 1. The molecule has 0 fully saturated rings. The summed E-state index contributed by atoms with van der Waals surface area (Å²) in [6.45, 7) is 10.7. The van der Waals surface area contributed by atoms with E-state index in [9.17, 15) is 4.79 Å². The Bertz CT molecular complexity index is 989. The van der Waals surface area contributed by atoms with E-state index >= 15 is 0 Å². The third-order valence-electron chi connectivity index (χ3n) is 5.19. The zero-order valence-corrected chi connectivity index (χ0v) is 17.8. The van der Waals surface area contributed by atoms with Gasteiger partial charge in [0.15, 0.2) is 0 Å². The van der Waals surface area contributed by atoms with Gasteiger partial charge in [0.25, 0.3) is 5.56 Å². The van der Waals surface area contributed by atoms with Crippen molar-refractivity contribution in [2.24, 2.45) is 7.05 Å². The molecule has 0 amide bonds. The van der Waals surface area contributed by atoms with Crippen LogP contribution in [0.1, 0.15) is 44.2 Å². The molecular weight excluding hydrogens is 354 g/mol. The van der Waals surface area contributed by atoms with E-state index in [0.29, 0.717) is 6.04 Å². The predicted octanol–water partition coefficient (Wildman–Crippen LogP) is 4.98. The van der Waals surface area contributed by atoms with Crippen molar-refractivity contribution in [3.05, 3.63) is 51.5 Å². The van der Waals surface area contributed by atoms with Crippen molar-refractivity contribution in [3.8, 4) is 11.1 Å².